The zero-order chi connectivity index (χ0) is 18.2. The number of nitrogens with one attached hydrogen (secondary N) is 1. The number of halogens is 1. The van der Waals surface area contributed by atoms with Crippen LogP contribution in [0.1, 0.15) is 30.6 Å². The highest BCUT2D eigenvalue weighted by molar-refractivity contribution is 6.32. The number of carbonyl (C=O) groups excluding carboxylic acids is 1. The molecule has 0 bridgehead atoms. The number of hydrogen-bond acceptors (Lipinski definition) is 4. The molecule has 0 spiro atoms. The van der Waals surface area contributed by atoms with Crippen LogP contribution in [-0.2, 0) is 0 Å². The van der Waals surface area contributed by atoms with Gasteiger partial charge in [0.1, 0.15) is 5.75 Å². The third-order valence-electron chi connectivity index (χ3n) is 3.35. The lowest BCUT2D eigenvalue weighted by Crippen LogP contribution is -2.12. The molecule has 134 valence electrons. The minimum Gasteiger partial charge on any atom is -0.494 e. The fourth-order valence-electron chi connectivity index (χ4n) is 2.23. The lowest BCUT2D eigenvalue weighted by atomic mass is 10.1. The van der Waals surface area contributed by atoms with Crippen LogP contribution in [0.5, 0.6) is 17.2 Å². The Bertz CT molecular complexity index is 733. The van der Waals surface area contributed by atoms with Gasteiger partial charge in [0.15, 0.2) is 11.5 Å². The quantitative estimate of drug-likeness (QED) is 0.732. The van der Waals surface area contributed by atoms with Crippen LogP contribution in [0.4, 0.5) is 5.69 Å². The summed E-state index contributed by atoms with van der Waals surface area (Å²) in [5, 5.41) is 3.16. The van der Waals surface area contributed by atoms with E-state index >= 15 is 0 Å². The molecule has 6 heteroatoms. The van der Waals surface area contributed by atoms with Crippen LogP contribution in [0.25, 0.3) is 0 Å². The minimum atomic E-state index is -0.295. The van der Waals surface area contributed by atoms with Crippen molar-refractivity contribution in [1.82, 2.24) is 0 Å². The zero-order valence-electron chi connectivity index (χ0n) is 14.6. The van der Waals surface area contributed by atoms with Gasteiger partial charge >= 0.3 is 0 Å². The van der Waals surface area contributed by atoms with Gasteiger partial charge in [-0.25, -0.2) is 0 Å². The van der Waals surface area contributed by atoms with Crippen molar-refractivity contribution >= 4 is 23.2 Å². The van der Waals surface area contributed by atoms with E-state index in [1.807, 2.05) is 26.0 Å². The Hall–Kier alpha value is -2.40. The molecule has 0 aromatic heterocycles. The van der Waals surface area contributed by atoms with Crippen molar-refractivity contribution in [3.63, 3.8) is 0 Å². The first-order valence-corrected chi connectivity index (χ1v) is 8.51. The van der Waals surface area contributed by atoms with Gasteiger partial charge < -0.3 is 19.5 Å². The second-order valence-corrected chi connectivity index (χ2v) is 5.66. The van der Waals surface area contributed by atoms with Crippen molar-refractivity contribution in [2.75, 3.05) is 25.6 Å². The van der Waals surface area contributed by atoms with Gasteiger partial charge in [-0.3, -0.25) is 4.79 Å². The lowest BCUT2D eigenvalue weighted by Gasteiger charge is -2.14. The summed E-state index contributed by atoms with van der Waals surface area (Å²) in [4.78, 5) is 12.5. The Balaban J connectivity index is 2.21. The Morgan fingerprint density at radius 3 is 2.64 bits per heavy atom. The van der Waals surface area contributed by atoms with E-state index in [0.29, 0.717) is 46.7 Å². The number of ether oxygens (including phenoxy) is 3. The van der Waals surface area contributed by atoms with E-state index in [9.17, 15) is 4.79 Å². The minimum absolute atomic E-state index is 0.295. The van der Waals surface area contributed by atoms with Gasteiger partial charge in [-0.05, 0) is 37.6 Å². The van der Waals surface area contributed by atoms with Gasteiger partial charge in [-0.2, -0.15) is 0 Å². The summed E-state index contributed by atoms with van der Waals surface area (Å²) in [6.45, 7) is 4.98. The van der Waals surface area contributed by atoms with Gasteiger partial charge in [0.05, 0.1) is 25.3 Å². The van der Waals surface area contributed by atoms with Crippen LogP contribution in [0.2, 0.25) is 5.02 Å². The van der Waals surface area contributed by atoms with Crippen LogP contribution in [0.3, 0.4) is 0 Å². The van der Waals surface area contributed by atoms with Crippen molar-refractivity contribution in [1.29, 1.82) is 0 Å². The normalized spacial score (nSPS) is 10.2. The van der Waals surface area contributed by atoms with Crippen molar-refractivity contribution in [3.05, 3.63) is 47.0 Å². The van der Waals surface area contributed by atoms with Gasteiger partial charge in [0.2, 0.25) is 0 Å². The third kappa shape index (κ3) is 5.03. The molecule has 0 radical (unpaired) electrons. The van der Waals surface area contributed by atoms with Crippen LogP contribution >= 0.6 is 11.6 Å². The molecular weight excluding hydrogens is 342 g/mol. The summed E-state index contributed by atoms with van der Waals surface area (Å²) in [6.07, 6.45) is 0.845. The Kier molecular flexibility index (Phi) is 6.95. The summed E-state index contributed by atoms with van der Waals surface area (Å²) < 4.78 is 16.3. The van der Waals surface area contributed by atoms with Gasteiger partial charge in [-0.1, -0.05) is 24.6 Å². The molecule has 0 saturated carbocycles. The Morgan fingerprint density at radius 2 is 1.96 bits per heavy atom. The monoisotopic (exact) mass is 363 g/mol. The highest BCUT2D eigenvalue weighted by Crippen LogP contribution is 2.36. The molecule has 0 aliphatic rings. The molecule has 0 saturated heterocycles. The molecule has 1 N–H and O–H groups in total. The van der Waals surface area contributed by atoms with Crippen molar-refractivity contribution < 1.29 is 19.0 Å². The number of amides is 1. The number of methoxy groups -OCH3 is 1. The van der Waals surface area contributed by atoms with Crippen molar-refractivity contribution in [2.24, 2.45) is 0 Å². The van der Waals surface area contributed by atoms with Gasteiger partial charge in [-0.15, -0.1) is 0 Å². The first-order chi connectivity index (χ1) is 12.1. The fraction of sp³-hybridized carbons (Fsp3) is 0.316. The highest BCUT2D eigenvalue weighted by atomic mass is 35.5. The molecule has 5 nitrogen and oxygen atoms in total. The average Bonchev–Trinajstić information content (AvgIpc) is 2.60. The summed E-state index contributed by atoms with van der Waals surface area (Å²) in [5.41, 5.74) is 1.02. The number of carbonyl (C=O) groups is 1. The molecule has 0 heterocycles. The van der Waals surface area contributed by atoms with Gasteiger partial charge in [0, 0.05) is 17.3 Å². The summed E-state index contributed by atoms with van der Waals surface area (Å²) in [7, 11) is 1.51. The molecule has 2 aromatic carbocycles. The van der Waals surface area contributed by atoms with E-state index < -0.39 is 0 Å². The van der Waals surface area contributed by atoms with E-state index in [1.54, 1.807) is 24.3 Å². The summed E-state index contributed by atoms with van der Waals surface area (Å²) >= 11 is 6.26. The van der Waals surface area contributed by atoms with Gasteiger partial charge in [0.25, 0.3) is 5.91 Å². The number of benzene rings is 2. The number of hydrogen-bond donors (Lipinski definition) is 1. The molecule has 0 unspecified atom stereocenters. The molecule has 0 atom stereocenters. The average molecular weight is 364 g/mol. The first kappa shape index (κ1) is 18.9. The maximum absolute atomic E-state index is 12.5. The second kappa shape index (κ2) is 9.18. The Labute approximate surface area is 152 Å². The Morgan fingerprint density at radius 1 is 1.16 bits per heavy atom. The predicted molar refractivity (Wildman–Crippen MR) is 99.4 cm³/mol. The summed E-state index contributed by atoms with van der Waals surface area (Å²) in [5.74, 6) is 1.27. The fourth-order valence-corrected chi connectivity index (χ4v) is 2.49. The molecule has 25 heavy (non-hydrogen) atoms. The number of anilines is 1. The molecule has 0 fully saturated rings. The molecule has 0 aliphatic heterocycles. The standard InChI is InChI=1S/C19H22ClNO4/c1-4-9-25-18-16(20)10-13(11-17(18)23-3)19(22)21-14-7-6-8-15(12-14)24-5-2/h6-8,10-12H,4-5,9H2,1-3H3,(H,21,22). The first-order valence-electron chi connectivity index (χ1n) is 8.13. The highest BCUT2D eigenvalue weighted by Gasteiger charge is 2.16. The largest absolute Gasteiger partial charge is 0.494 e. The lowest BCUT2D eigenvalue weighted by molar-refractivity contribution is 0.102. The van der Waals surface area contributed by atoms with Crippen LogP contribution < -0.4 is 19.5 Å². The van der Waals surface area contributed by atoms with Crippen LogP contribution in [0, 0.1) is 0 Å². The maximum Gasteiger partial charge on any atom is 0.255 e. The van der Waals surface area contributed by atoms with E-state index in [0.717, 1.165) is 6.42 Å². The van der Waals surface area contributed by atoms with E-state index in [4.69, 9.17) is 25.8 Å². The predicted octanol–water partition coefficient (Wildman–Crippen LogP) is 4.79. The second-order valence-electron chi connectivity index (χ2n) is 5.25. The zero-order valence-corrected chi connectivity index (χ0v) is 15.4. The maximum atomic E-state index is 12.5. The topological polar surface area (TPSA) is 56.8 Å². The third-order valence-corrected chi connectivity index (χ3v) is 3.63. The van der Waals surface area contributed by atoms with E-state index in [-0.39, 0.29) is 5.91 Å². The van der Waals surface area contributed by atoms with E-state index in [2.05, 4.69) is 5.32 Å². The SMILES string of the molecule is CCCOc1c(Cl)cc(C(=O)Nc2cccc(OCC)c2)cc1OC. The number of rotatable bonds is 8. The van der Waals surface area contributed by atoms with Crippen LogP contribution in [-0.4, -0.2) is 26.2 Å². The molecule has 2 rings (SSSR count). The molecular formula is C19H22ClNO4. The van der Waals surface area contributed by atoms with Crippen molar-refractivity contribution in [3.8, 4) is 17.2 Å². The molecule has 0 aliphatic carbocycles. The van der Waals surface area contributed by atoms with Crippen LogP contribution in [0.15, 0.2) is 36.4 Å². The van der Waals surface area contributed by atoms with Crippen molar-refractivity contribution in [2.45, 2.75) is 20.3 Å². The summed E-state index contributed by atoms with van der Waals surface area (Å²) in [6, 6.07) is 10.4. The van der Waals surface area contributed by atoms with E-state index in [1.165, 1.54) is 7.11 Å². The molecule has 1 amide bonds. The smallest absolute Gasteiger partial charge is 0.255 e. The molecule has 2 aromatic rings.